The normalized spacial score (nSPS) is 13.3. The van der Waals surface area contributed by atoms with Gasteiger partial charge in [-0.25, -0.2) is 4.98 Å². The van der Waals surface area contributed by atoms with Crippen molar-refractivity contribution >= 4 is 46.3 Å². The highest BCUT2D eigenvalue weighted by atomic mass is 32.2. The van der Waals surface area contributed by atoms with E-state index in [0.29, 0.717) is 12.3 Å². The third kappa shape index (κ3) is 4.10. The van der Waals surface area contributed by atoms with Gasteiger partial charge in [-0.1, -0.05) is 24.3 Å². The van der Waals surface area contributed by atoms with Crippen LogP contribution < -0.4 is 10.2 Å². The zero-order valence-corrected chi connectivity index (χ0v) is 17.0. The first-order valence-electron chi connectivity index (χ1n) is 8.95. The molecule has 2 aromatic carbocycles. The highest BCUT2D eigenvalue weighted by Gasteiger charge is 2.24. The molecule has 5 nitrogen and oxygen atoms in total. The molecular weight excluding hydrogens is 390 g/mol. The highest BCUT2D eigenvalue weighted by Crippen LogP contribution is 2.35. The summed E-state index contributed by atoms with van der Waals surface area (Å²) >= 11 is 3.14. The second kappa shape index (κ2) is 8.16. The number of aromatic nitrogens is 1. The third-order valence-electron chi connectivity index (χ3n) is 4.43. The number of thioether (sulfide) groups is 1. The SMILES string of the molecule is Cc1nc(-c2cccc(NC(=O)CCN3C(=O)CSc4ccccc43)c2)cs1. The lowest BCUT2D eigenvalue weighted by Gasteiger charge is -2.28. The molecule has 3 aromatic rings. The van der Waals surface area contributed by atoms with Gasteiger partial charge < -0.3 is 10.2 Å². The lowest BCUT2D eigenvalue weighted by atomic mass is 10.1. The average molecular weight is 410 g/mol. The molecule has 0 saturated carbocycles. The Morgan fingerprint density at radius 1 is 1.21 bits per heavy atom. The van der Waals surface area contributed by atoms with Crippen molar-refractivity contribution in [2.75, 3.05) is 22.5 Å². The Kier molecular flexibility index (Phi) is 5.45. The second-order valence-electron chi connectivity index (χ2n) is 6.43. The van der Waals surface area contributed by atoms with E-state index >= 15 is 0 Å². The van der Waals surface area contributed by atoms with Crippen LogP contribution in [0.3, 0.4) is 0 Å². The van der Waals surface area contributed by atoms with Crippen molar-refractivity contribution in [3.05, 3.63) is 58.9 Å². The van der Waals surface area contributed by atoms with Crippen LogP contribution in [0.25, 0.3) is 11.3 Å². The molecule has 28 heavy (non-hydrogen) atoms. The van der Waals surface area contributed by atoms with Crippen molar-refractivity contribution < 1.29 is 9.59 Å². The number of rotatable bonds is 5. The van der Waals surface area contributed by atoms with Gasteiger partial charge in [-0.2, -0.15) is 0 Å². The second-order valence-corrected chi connectivity index (χ2v) is 8.51. The Hall–Kier alpha value is -2.64. The molecule has 2 amide bonds. The molecule has 7 heteroatoms. The van der Waals surface area contributed by atoms with Gasteiger partial charge in [0.15, 0.2) is 0 Å². The number of para-hydroxylation sites is 1. The smallest absolute Gasteiger partial charge is 0.237 e. The van der Waals surface area contributed by atoms with Gasteiger partial charge >= 0.3 is 0 Å². The van der Waals surface area contributed by atoms with E-state index in [0.717, 1.165) is 32.5 Å². The minimum atomic E-state index is -0.116. The number of hydrogen-bond donors (Lipinski definition) is 1. The first kappa shape index (κ1) is 18.7. The van der Waals surface area contributed by atoms with Crippen molar-refractivity contribution in [1.82, 2.24) is 4.98 Å². The number of aryl methyl sites for hydroxylation is 1. The average Bonchev–Trinajstić information content (AvgIpc) is 3.14. The van der Waals surface area contributed by atoms with Gasteiger partial charge in [0.2, 0.25) is 11.8 Å². The van der Waals surface area contributed by atoms with Crippen LogP contribution in [0.4, 0.5) is 11.4 Å². The van der Waals surface area contributed by atoms with Crippen LogP contribution >= 0.6 is 23.1 Å². The summed E-state index contributed by atoms with van der Waals surface area (Å²) in [6, 6.07) is 15.5. The Bertz CT molecular complexity index is 1030. The maximum Gasteiger partial charge on any atom is 0.237 e. The summed E-state index contributed by atoms with van der Waals surface area (Å²) in [4.78, 5) is 32.0. The molecule has 0 bridgehead atoms. The number of thiazole rings is 1. The summed E-state index contributed by atoms with van der Waals surface area (Å²) in [5.74, 6) is 0.334. The predicted molar refractivity (Wildman–Crippen MR) is 115 cm³/mol. The molecular formula is C21H19N3O2S2. The molecule has 1 aromatic heterocycles. The maximum atomic E-state index is 12.5. The lowest BCUT2D eigenvalue weighted by Crippen LogP contribution is -2.37. The molecule has 142 valence electrons. The molecule has 2 heterocycles. The number of benzene rings is 2. The van der Waals surface area contributed by atoms with Crippen LogP contribution in [0, 0.1) is 6.92 Å². The molecule has 1 aliphatic heterocycles. The van der Waals surface area contributed by atoms with Gasteiger partial charge in [-0.05, 0) is 31.2 Å². The number of hydrogen-bond acceptors (Lipinski definition) is 5. The van der Waals surface area contributed by atoms with Crippen molar-refractivity contribution in [2.24, 2.45) is 0 Å². The van der Waals surface area contributed by atoms with E-state index in [1.807, 2.05) is 60.8 Å². The van der Waals surface area contributed by atoms with Crippen molar-refractivity contribution in [1.29, 1.82) is 0 Å². The number of fused-ring (bicyclic) bond motifs is 1. The molecule has 0 fully saturated rings. The number of amides is 2. The fourth-order valence-electron chi connectivity index (χ4n) is 3.09. The first-order valence-corrected chi connectivity index (χ1v) is 10.8. The van der Waals surface area contributed by atoms with Crippen LogP contribution in [0.1, 0.15) is 11.4 Å². The summed E-state index contributed by atoms with van der Waals surface area (Å²) in [5, 5.41) is 5.95. The van der Waals surface area contributed by atoms with Crippen LogP contribution in [0.5, 0.6) is 0 Å². The minimum Gasteiger partial charge on any atom is -0.326 e. The molecule has 0 aliphatic carbocycles. The van der Waals surface area contributed by atoms with Crippen LogP contribution in [0.15, 0.2) is 58.8 Å². The zero-order chi connectivity index (χ0) is 19.5. The van der Waals surface area contributed by atoms with E-state index in [4.69, 9.17) is 0 Å². The van der Waals surface area contributed by atoms with E-state index in [1.54, 1.807) is 28.0 Å². The van der Waals surface area contributed by atoms with Gasteiger partial charge in [-0.15, -0.1) is 23.1 Å². The Morgan fingerprint density at radius 3 is 2.89 bits per heavy atom. The Labute approximate surface area is 171 Å². The molecule has 1 aliphatic rings. The molecule has 0 spiro atoms. The Balaban J connectivity index is 1.41. The summed E-state index contributed by atoms with van der Waals surface area (Å²) in [7, 11) is 0. The van der Waals surface area contributed by atoms with E-state index < -0.39 is 0 Å². The van der Waals surface area contributed by atoms with Gasteiger partial charge in [0.1, 0.15) is 0 Å². The van der Waals surface area contributed by atoms with Gasteiger partial charge in [0.25, 0.3) is 0 Å². The fourth-order valence-corrected chi connectivity index (χ4v) is 4.65. The quantitative estimate of drug-likeness (QED) is 0.670. The number of carbonyl (C=O) groups is 2. The molecule has 1 N–H and O–H groups in total. The largest absolute Gasteiger partial charge is 0.326 e. The van der Waals surface area contributed by atoms with Gasteiger partial charge in [-0.3, -0.25) is 9.59 Å². The van der Waals surface area contributed by atoms with E-state index in [1.165, 1.54) is 0 Å². The topological polar surface area (TPSA) is 62.3 Å². The zero-order valence-electron chi connectivity index (χ0n) is 15.3. The summed E-state index contributed by atoms with van der Waals surface area (Å²) in [6.07, 6.45) is 0.241. The molecule has 0 atom stereocenters. The standard InChI is InChI=1S/C21H19N3O2S2/c1-14-22-17(12-27-14)15-5-4-6-16(11-15)23-20(25)9-10-24-18-7-2-3-8-19(18)28-13-21(24)26/h2-8,11-12H,9-10,13H2,1H3,(H,23,25). The first-order chi connectivity index (χ1) is 13.6. The van der Waals surface area contributed by atoms with Crippen molar-refractivity contribution in [3.8, 4) is 11.3 Å². The number of anilines is 2. The lowest BCUT2D eigenvalue weighted by molar-refractivity contribution is -0.117. The van der Waals surface area contributed by atoms with E-state index in [2.05, 4.69) is 10.3 Å². The monoisotopic (exact) mass is 409 g/mol. The maximum absolute atomic E-state index is 12.5. The van der Waals surface area contributed by atoms with Crippen LogP contribution in [-0.2, 0) is 9.59 Å². The predicted octanol–water partition coefficient (Wildman–Crippen LogP) is 4.59. The molecule has 0 unspecified atom stereocenters. The highest BCUT2D eigenvalue weighted by molar-refractivity contribution is 8.00. The Morgan fingerprint density at radius 2 is 2.07 bits per heavy atom. The van der Waals surface area contributed by atoms with Gasteiger partial charge in [0, 0.05) is 34.5 Å². The minimum absolute atomic E-state index is 0.0393. The van der Waals surface area contributed by atoms with Crippen LogP contribution in [-0.4, -0.2) is 29.1 Å². The summed E-state index contributed by atoms with van der Waals surface area (Å²) < 4.78 is 0. The van der Waals surface area contributed by atoms with E-state index in [-0.39, 0.29) is 18.2 Å². The van der Waals surface area contributed by atoms with Crippen LogP contribution in [0.2, 0.25) is 0 Å². The fraction of sp³-hybridized carbons (Fsp3) is 0.190. The van der Waals surface area contributed by atoms with Crippen molar-refractivity contribution in [3.63, 3.8) is 0 Å². The van der Waals surface area contributed by atoms with E-state index in [9.17, 15) is 9.59 Å². The number of nitrogens with one attached hydrogen (secondary N) is 1. The van der Waals surface area contributed by atoms with Crippen molar-refractivity contribution in [2.45, 2.75) is 18.2 Å². The van der Waals surface area contributed by atoms with Gasteiger partial charge in [0.05, 0.1) is 22.1 Å². The molecule has 0 saturated heterocycles. The summed E-state index contributed by atoms with van der Waals surface area (Å²) in [6.45, 7) is 2.34. The molecule has 4 rings (SSSR count). The molecule has 0 radical (unpaired) electrons. The third-order valence-corrected chi connectivity index (χ3v) is 6.25. The summed E-state index contributed by atoms with van der Waals surface area (Å²) in [5.41, 5.74) is 3.50. The number of nitrogens with zero attached hydrogens (tertiary/aromatic N) is 2. The number of carbonyl (C=O) groups excluding carboxylic acids is 2.